The van der Waals surface area contributed by atoms with Gasteiger partial charge in [-0.25, -0.2) is 0 Å². The van der Waals surface area contributed by atoms with Crippen molar-refractivity contribution in [2.24, 2.45) is 0 Å². The second-order valence-corrected chi connectivity index (χ2v) is 8.50. The Morgan fingerprint density at radius 2 is 1.87 bits per heavy atom. The first kappa shape index (κ1) is 21.1. The Bertz CT molecular complexity index is 1110. The SMILES string of the molecule is COc1ccc(Cl)cc1NC(=O)c1ccc(COc2cccc3c2OC(C)(C)C3)cc1. The standard InChI is InChI=1S/C25H24ClNO4/c1-25(2)14-18-5-4-6-22(23(18)31-25)30-15-16-7-9-17(10-8-16)24(28)27-20-13-19(26)11-12-21(20)29-3/h4-13H,14-15H2,1-3H3,(H,27,28). The normalized spacial score (nSPS) is 13.8. The average Bonchev–Trinajstić information content (AvgIpc) is 3.07. The van der Waals surface area contributed by atoms with E-state index in [2.05, 4.69) is 25.2 Å². The van der Waals surface area contributed by atoms with E-state index < -0.39 is 0 Å². The first-order valence-electron chi connectivity index (χ1n) is 10.0. The molecule has 0 saturated carbocycles. The first-order chi connectivity index (χ1) is 14.8. The van der Waals surface area contributed by atoms with Gasteiger partial charge in [0.05, 0.1) is 12.8 Å². The monoisotopic (exact) mass is 437 g/mol. The molecular formula is C25H24ClNO4. The molecule has 0 radical (unpaired) electrons. The molecule has 0 unspecified atom stereocenters. The van der Waals surface area contributed by atoms with Gasteiger partial charge >= 0.3 is 0 Å². The largest absolute Gasteiger partial charge is 0.495 e. The van der Waals surface area contributed by atoms with E-state index in [9.17, 15) is 4.79 Å². The molecule has 1 heterocycles. The quantitative estimate of drug-likeness (QED) is 0.522. The number of carbonyl (C=O) groups excluding carboxylic acids is 1. The summed E-state index contributed by atoms with van der Waals surface area (Å²) in [6.07, 6.45) is 0.862. The molecule has 0 bridgehead atoms. The first-order valence-corrected chi connectivity index (χ1v) is 10.4. The van der Waals surface area contributed by atoms with Crippen molar-refractivity contribution >= 4 is 23.2 Å². The number of anilines is 1. The third kappa shape index (κ3) is 4.78. The van der Waals surface area contributed by atoms with Crippen LogP contribution >= 0.6 is 11.6 Å². The van der Waals surface area contributed by atoms with Crippen molar-refractivity contribution in [3.05, 3.63) is 82.4 Å². The lowest BCUT2D eigenvalue weighted by Gasteiger charge is -2.18. The highest BCUT2D eigenvalue weighted by atomic mass is 35.5. The van der Waals surface area contributed by atoms with Gasteiger partial charge in [0.15, 0.2) is 11.5 Å². The number of fused-ring (bicyclic) bond motifs is 1. The highest BCUT2D eigenvalue weighted by Gasteiger charge is 2.32. The molecule has 0 aliphatic carbocycles. The van der Waals surface area contributed by atoms with Gasteiger partial charge in [0.1, 0.15) is 18.0 Å². The van der Waals surface area contributed by atoms with Crippen molar-refractivity contribution in [1.82, 2.24) is 0 Å². The number of nitrogens with one attached hydrogen (secondary N) is 1. The molecule has 6 heteroatoms. The fourth-order valence-electron chi connectivity index (χ4n) is 3.59. The van der Waals surface area contributed by atoms with Gasteiger partial charge in [-0.15, -0.1) is 0 Å². The summed E-state index contributed by atoms with van der Waals surface area (Å²) in [5.41, 5.74) is 2.94. The van der Waals surface area contributed by atoms with Crippen molar-refractivity contribution in [3.8, 4) is 17.2 Å². The number of carbonyl (C=O) groups is 1. The Balaban J connectivity index is 1.41. The molecule has 1 aliphatic heterocycles. The summed E-state index contributed by atoms with van der Waals surface area (Å²) < 4.78 is 17.3. The van der Waals surface area contributed by atoms with E-state index in [-0.39, 0.29) is 11.5 Å². The van der Waals surface area contributed by atoms with Crippen LogP contribution in [0.15, 0.2) is 60.7 Å². The third-order valence-corrected chi connectivity index (χ3v) is 5.31. The van der Waals surface area contributed by atoms with Crippen LogP contribution in [0.1, 0.15) is 35.3 Å². The maximum atomic E-state index is 12.6. The number of methoxy groups -OCH3 is 1. The van der Waals surface area contributed by atoms with Crippen LogP contribution in [0.2, 0.25) is 5.02 Å². The van der Waals surface area contributed by atoms with E-state index in [0.29, 0.717) is 28.6 Å². The Kier molecular flexibility index (Phi) is 5.79. The highest BCUT2D eigenvalue weighted by Crippen LogP contribution is 2.42. The van der Waals surface area contributed by atoms with Gasteiger partial charge in [0.2, 0.25) is 0 Å². The molecule has 1 N–H and O–H groups in total. The lowest BCUT2D eigenvalue weighted by molar-refractivity contribution is 0.102. The Hall–Kier alpha value is -3.18. The minimum Gasteiger partial charge on any atom is -0.495 e. The lowest BCUT2D eigenvalue weighted by Crippen LogP contribution is -2.24. The fourth-order valence-corrected chi connectivity index (χ4v) is 3.76. The molecule has 31 heavy (non-hydrogen) atoms. The smallest absolute Gasteiger partial charge is 0.255 e. The van der Waals surface area contributed by atoms with Crippen LogP contribution < -0.4 is 19.5 Å². The lowest BCUT2D eigenvalue weighted by atomic mass is 10.0. The zero-order valence-electron chi connectivity index (χ0n) is 17.7. The number of benzene rings is 3. The number of amides is 1. The molecule has 1 aliphatic rings. The van der Waals surface area contributed by atoms with Gasteiger partial charge in [-0.3, -0.25) is 4.79 Å². The average molecular weight is 438 g/mol. The predicted molar refractivity (Wildman–Crippen MR) is 122 cm³/mol. The van der Waals surface area contributed by atoms with Crippen LogP contribution in [0.3, 0.4) is 0 Å². The second-order valence-electron chi connectivity index (χ2n) is 8.07. The summed E-state index contributed by atoms with van der Waals surface area (Å²) >= 11 is 6.03. The van der Waals surface area contributed by atoms with E-state index in [4.69, 9.17) is 25.8 Å². The van der Waals surface area contributed by atoms with Crippen LogP contribution in [0, 0.1) is 0 Å². The maximum absolute atomic E-state index is 12.6. The molecule has 3 aromatic rings. The number of ether oxygens (including phenoxy) is 3. The van der Waals surface area contributed by atoms with Gasteiger partial charge in [-0.2, -0.15) is 0 Å². The third-order valence-electron chi connectivity index (χ3n) is 5.08. The highest BCUT2D eigenvalue weighted by molar-refractivity contribution is 6.31. The topological polar surface area (TPSA) is 56.8 Å². The molecule has 0 fully saturated rings. The van der Waals surface area contributed by atoms with Gasteiger partial charge in [-0.1, -0.05) is 35.9 Å². The summed E-state index contributed by atoms with van der Waals surface area (Å²) in [4.78, 5) is 12.6. The molecule has 4 rings (SSSR count). The Morgan fingerprint density at radius 3 is 2.61 bits per heavy atom. The van der Waals surface area contributed by atoms with Gasteiger partial charge in [0.25, 0.3) is 5.91 Å². The minimum absolute atomic E-state index is 0.220. The Morgan fingerprint density at radius 1 is 1.10 bits per heavy atom. The van der Waals surface area contributed by atoms with Crippen LogP contribution in [-0.4, -0.2) is 18.6 Å². The molecule has 0 saturated heterocycles. The molecule has 1 amide bonds. The summed E-state index contributed by atoms with van der Waals surface area (Å²) in [5.74, 6) is 1.85. The number of rotatable bonds is 6. The predicted octanol–water partition coefficient (Wildman–Crippen LogP) is 5.89. The number of hydrogen-bond donors (Lipinski definition) is 1. The van der Waals surface area contributed by atoms with Crippen molar-refractivity contribution in [3.63, 3.8) is 0 Å². The van der Waals surface area contributed by atoms with Crippen molar-refractivity contribution in [2.45, 2.75) is 32.5 Å². The van der Waals surface area contributed by atoms with E-state index in [1.807, 2.05) is 24.3 Å². The van der Waals surface area contributed by atoms with Crippen molar-refractivity contribution in [1.29, 1.82) is 0 Å². The zero-order chi connectivity index (χ0) is 22.0. The van der Waals surface area contributed by atoms with E-state index >= 15 is 0 Å². The van der Waals surface area contributed by atoms with Crippen molar-refractivity contribution < 1.29 is 19.0 Å². The van der Waals surface area contributed by atoms with Crippen molar-refractivity contribution in [2.75, 3.05) is 12.4 Å². The van der Waals surface area contributed by atoms with E-state index in [1.54, 1.807) is 37.4 Å². The summed E-state index contributed by atoms with van der Waals surface area (Å²) in [5, 5.41) is 3.35. The summed E-state index contributed by atoms with van der Waals surface area (Å²) in [7, 11) is 1.54. The van der Waals surface area contributed by atoms with Gasteiger partial charge in [0, 0.05) is 22.6 Å². The van der Waals surface area contributed by atoms with E-state index in [0.717, 1.165) is 29.0 Å². The molecule has 3 aromatic carbocycles. The summed E-state index contributed by atoms with van der Waals surface area (Å²) in [6.45, 7) is 4.52. The molecule has 0 aromatic heterocycles. The number of para-hydroxylation sites is 1. The molecular weight excluding hydrogens is 414 g/mol. The second kappa shape index (κ2) is 8.52. The number of halogens is 1. The van der Waals surface area contributed by atoms with Gasteiger partial charge in [-0.05, 0) is 55.8 Å². The van der Waals surface area contributed by atoms with Crippen LogP contribution in [-0.2, 0) is 13.0 Å². The molecule has 0 atom stereocenters. The van der Waals surface area contributed by atoms with Crippen LogP contribution in [0.4, 0.5) is 5.69 Å². The van der Waals surface area contributed by atoms with Gasteiger partial charge < -0.3 is 19.5 Å². The minimum atomic E-state index is -0.246. The van der Waals surface area contributed by atoms with E-state index in [1.165, 1.54) is 0 Å². The van der Waals surface area contributed by atoms with Crippen LogP contribution in [0.5, 0.6) is 17.2 Å². The van der Waals surface area contributed by atoms with Crippen LogP contribution in [0.25, 0.3) is 0 Å². The Labute approximate surface area is 186 Å². The zero-order valence-corrected chi connectivity index (χ0v) is 18.5. The molecule has 160 valence electrons. The number of hydrogen-bond acceptors (Lipinski definition) is 4. The fraction of sp³-hybridized carbons (Fsp3) is 0.240. The molecule has 5 nitrogen and oxygen atoms in total. The summed E-state index contributed by atoms with van der Waals surface area (Å²) in [6, 6.07) is 18.3. The molecule has 0 spiro atoms. The maximum Gasteiger partial charge on any atom is 0.255 e.